The molecular weight excluding hydrogens is 901 g/mol. The van der Waals surface area contributed by atoms with E-state index in [1.54, 1.807) is 0 Å². The first-order valence-electron chi connectivity index (χ1n) is 31.8. The lowest BCUT2D eigenvalue weighted by atomic mass is 10.0. The zero-order valence-electron chi connectivity index (χ0n) is 48.7. The largest absolute Gasteiger partial charge is 0.462 e. The molecule has 0 saturated heterocycles. The highest BCUT2D eigenvalue weighted by molar-refractivity contribution is 5.71. The van der Waals surface area contributed by atoms with E-state index in [1.165, 1.54) is 205 Å². The molecule has 0 aromatic carbocycles. The summed E-state index contributed by atoms with van der Waals surface area (Å²) in [6.45, 7) is 6.50. The summed E-state index contributed by atoms with van der Waals surface area (Å²) in [5.41, 5.74) is 0. The average Bonchev–Trinajstić information content (AvgIpc) is 3.39. The fourth-order valence-corrected chi connectivity index (χ4v) is 9.31. The second kappa shape index (κ2) is 61.7. The molecule has 0 radical (unpaired) electrons. The van der Waals surface area contributed by atoms with E-state index in [0.29, 0.717) is 19.3 Å². The minimum atomic E-state index is -0.800. The summed E-state index contributed by atoms with van der Waals surface area (Å²) in [5, 5.41) is 0. The van der Waals surface area contributed by atoms with Crippen LogP contribution in [0.2, 0.25) is 0 Å². The molecule has 0 bridgehead atoms. The highest BCUT2D eigenvalue weighted by atomic mass is 16.6. The number of unbranched alkanes of at least 4 members (excludes halogenated alkanes) is 37. The van der Waals surface area contributed by atoms with Gasteiger partial charge in [-0.15, -0.1) is 0 Å². The summed E-state index contributed by atoms with van der Waals surface area (Å²) in [5.74, 6) is -0.940. The van der Waals surface area contributed by atoms with Gasteiger partial charge in [-0.05, 0) is 57.8 Å². The molecule has 1 atom stereocenters. The van der Waals surface area contributed by atoms with Crippen LogP contribution in [0.5, 0.6) is 0 Å². The molecule has 0 aliphatic rings. The Bertz CT molecular complexity index is 1310. The molecule has 0 saturated carbocycles. The van der Waals surface area contributed by atoms with Gasteiger partial charge in [0.2, 0.25) is 0 Å². The second-order valence-corrected chi connectivity index (χ2v) is 21.3. The molecule has 0 aromatic rings. The molecule has 0 aliphatic heterocycles. The predicted molar refractivity (Wildman–Crippen MR) is 316 cm³/mol. The van der Waals surface area contributed by atoms with E-state index in [2.05, 4.69) is 81.5 Å². The molecule has 0 N–H and O–H groups in total. The van der Waals surface area contributed by atoms with Crippen molar-refractivity contribution >= 4 is 17.9 Å². The first-order valence-corrected chi connectivity index (χ1v) is 31.8. The van der Waals surface area contributed by atoms with Crippen LogP contribution >= 0.6 is 0 Å². The standard InChI is InChI=1S/C67H120O6/c1-4-7-10-13-16-19-21-23-25-27-28-29-30-31-32-33-34-35-36-37-38-40-41-43-45-48-51-54-57-60-66(69)72-63-64(62-71-65(68)59-56-53-50-47-18-15-12-9-6-3)73-67(70)61-58-55-52-49-46-44-42-39-26-24-22-20-17-14-11-8-5-2/h8,11,17,20,24,26,42,44,49,52,64H,4-7,9-10,12-16,18-19,21-23,25,27-41,43,45-48,50-51,53-63H2,1-3H3/b11-8-,20-17-,26-24-,44-42-,52-49-. The summed E-state index contributed by atoms with van der Waals surface area (Å²) in [6.07, 6.45) is 78.4. The topological polar surface area (TPSA) is 78.9 Å². The maximum atomic E-state index is 12.8. The van der Waals surface area contributed by atoms with Crippen molar-refractivity contribution in [3.8, 4) is 0 Å². The summed E-state index contributed by atoms with van der Waals surface area (Å²) in [4.78, 5) is 38.1. The van der Waals surface area contributed by atoms with Crippen LogP contribution in [0.15, 0.2) is 60.8 Å². The lowest BCUT2D eigenvalue weighted by Gasteiger charge is -2.18. The van der Waals surface area contributed by atoms with Crippen molar-refractivity contribution < 1.29 is 28.6 Å². The maximum absolute atomic E-state index is 12.8. The van der Waals surface area contributed by atoms with Crippen LogP contribution in [0.3, 0.4) is 0 Å². The minimum absolute atomic E-state index is 0.0930. The predicted octanol–water partition coefficient (Wildman–Crippen LogP) is 21.6. The fraction of sp³-hybridized carbons (Fsp3) is 0.806. The van der Waals surface area contributed by atoms with Crippen LogP contribution in [-0.4, -0.2) is 37.2 Å². The van der Waals surface area contributed by atoms with Crippen LogP contribution in [-0.2, 0) is 28.6 Å². The van der Waals surface area contributed by atoms with E-state index in [1.807, 2.05) is 0 Å². The summed E-state index contributed by atoms with van der Waals surface area (Å²) in [6, 6.07) is 0. The Hall–Kier alpha value is -2.89. The van der Waals surface area contributed by atoms with Crippen LogP contribution in [0.1, 0.15) is 329 Å². The van der Waals surface area contributed by atoms with Crippen molar-refractivity contribution in [2.24, 2.45) is 0 Å². The number of carbonyl (C=O) groups excluding carboxylic acids is 3. The SMILES string of the molecule is CC/C=C\C/C=C\C/C=C\C/C=C\C/C=C\CCCC(=O)OC(COC(=O)CCCCCCCCCCC)COC(=O)CCCCCCCCCCCCCCCCCCCCCCCCCCCCCCC. The van der Waals surface area contributed by atoms with Gasteiger partial charge in [-0.25, -0.2) is 0 Å². The second-order valence-electron chi connectivity index (χ2n) is 21.3. The minimum Gasteiger partial charge on any atom is -0.462 e. The van der Waals surface area contributed by atoms with E-state index in [4.69, 9.17) is 14.2 Å². The van der Waals surface area contributed by atoms with E-state index < -0.39 is 6.10 Å². The van der Waals surface area contributed by atoms with Gasteiger partial charge >= 0.3 is 17.9 Å². The Morgan fingerprint density at radius 1 is 0.288 bits per heavy atom. The van der Waals surface area contributed by atoms with Gasteiger partial charge in [0.05, 0.1) is 0 Å². The summed E-state index contributed by atoms with van der Waals surface area (Å²) < 4.78 is 16.8. The van der Waals surface area contributed by atoms with Gasteiger partial charge in [0.1, 0.15) is 13.2 Å². The fourth-order valence-electron chi connectivity index (χ4n) is 9.31. The quantitative estimate of drug-likeness (QED) is 0.0261. The number of hydrogen-bond acceptors (Lipinski definition) is 6. The Morgan fingerprint density at radius 3 is 0.822 bits per heavy atom. The molecule has 0 rings (SSSR count). The van der Waals surface area contributed by atoms with Gasteiger partial charge in [0.15, 0.2) is 6.10 Å². The smallest absolute Gasteiger partial charge is 0.306 e. The van der Waals surface area contributed by atoms with Crippen LogP contribution in [0, 0.1) is 0 Å². The Balaban J connectivity index is 4.14. The molecule has 0 amide bonds. The summed E-state index contributed by atoms with van der Waals surface area (Å²) in [7, 11) is 0. The lowest BCUT2D eigenvalue weighted by molar-refractivity contribution is -0.167. The number of ether oxygens (including phenoxy) is 3. The van der Waals surface area contributed by atoms with Crippen molar-refractivity contribution in [1.82, 2.24) is 0 Å². The van der Waals surface area contributed by atoms with Crippen molar-refractivity contribution in [1.29, 1.82) is 0 Å². The highest BCUT2D eigenvalue weighted by Crippen LogP contribution is 2.18. The molecule has 6 heteroatoms. The molecule has 6 nitrogen and oxygen atoms in total. The van der Waals surface area contributed by atoms with Crippen molar-refractivity contribution in [3.05, 3.63) is 60.8 Å². The highest BCUT2D eigenvalue weighted by Gasteiger charge is 2.19. The number of rotatable bonds is 58. The number of allylic oxidation sites excluding steroid dienone is 10. The summed E-state index contributed by atoms with van der Waals surface area (Å²) >= 11 is 0. The Kier molecular flexibility index (Phi) is 59.2. The van der Waals surface area contributed by atoms with Crippen LogP contribution < -0.4 is 0 Å². The van der Waals surface area contributed by atoms with Crippen LogP contribution in [0.4, 0.5) is 0 Å². The lowest BCUT2D eigenvalue weighted by Crippen LogP contribution is -2.30. The molecule has 0 spiro atoms. The number of carbonyl (C=O) groups is 3. The Morgan fingerprint density at radius 2 is 0.534 bits per heavy atom. The van der Waals surface area contributed by atoms with Gasteiger partial charge in [0, 0.05) is 19.3 Å². The first-order chi connectivity index (χ1) is 36.0. The van der Waals surface area contributed by atoms with Crippen molar-refractivity contribution in [2.45, 2.75) is 335 Å². The maximum Gasteiger partial charge on any atom is 0.306 e. The molecule has 73 heavy (non-hydrogen) atoms. The van der Waals surface area contributed by atoms with E-state index in [9.17, 15) is 14.4 Å². The molecule has 0 aromatic heterocycles. The molecule has 1 unspecified atom stereocenters. The van der Waals surface area contributed by atoms with Gasteiger partial charge in [0.25, 0.3) is 0 Å². The molecular formula is C67H120O6. The molecule has 424 valence electrons. The molecule has 0 fully saturated rings. The van der Waals surface area contributed by atoms with Crippen LogP contribution in [0.25, 0.3) is 0 Å². The van der Waals surface area contributed by atoms with Gasteiger partial charge < -0.3 is 14.2 Å². The molecule has 0 heterocycles. The monoisotopic (exact) mass is 1020 g/mol. The third-order valence-corrected chi connectivity index (χ3v) is 14.0. The van der Waals surface area contributed by atoms with Crippen molar-refractivity contribution in [2.75, 3.05) is 13.2 Å². The normalized spacial score (nSPS) is 12.4. The van der Waals surface area contributed by atoms with Gasteiger partial charge in [-0.1, -0.05) is 313 Å². The van der Waals surface area contributed by atoms with E-state index >= 15 is 0 Å². The third kappa shape index (κ3) is 59.9. The average molecular weight is 1020 g/mol. The van der Waals surface area contributed by atoms with E-state index in [0.717, 1.165) is 77.0 Å². The number of esters is 3. The number of hydrogen-bond donors (Lipinski definition) is 0. The van der Waals surface area contributed by atoms with E-state index in [-0.39, 0.29) is 37.5 Å². The zero-order valence-corrected chi connectivity index (χ0v) is 48.7. The first kappa shape index (κ1) is 70.1. The van der Waals surface area contributed by atoms with Crippen molar-refractivity contribution in [3.63, 3.8) is 0 Å². The van der Waals surface area contributed by atoms with Gasteiger partial charge in [-0.2, -0.15) is 0 Å². The Labute approximate surface area is 453 Å². The molecule has 0 aliphatic carbocycles. The third-order valence-electron chi connectivity index (χ3n) is 14.0. The zero-order chi connectivity index (χ0) is 52.9. The van der Waals surface area contributed by atoms with Gasteiger partial charge in [-0.3, -0.25) is 14.4 Å².